The van der Waals surface area contributed by atoms with E-state index < -0.39 is 17.2 Å². The number of hydrogen-bond acceptors (Lipinski definition) is 4. The summed E-state index contributed by atoms with van der Waals surface area (Å²) in [5.41, 5.74) is -0.0381. The summed E-state index contributed by atoms with van der Waals surface area (Å²) in [6, 6.07) is 1.86. The van der Waals surface area contributed by atoms with E-state index in [4.69, 9.17) is 4.74 Å². The Morgan fingerprint density at radius 1 is 1.36 bits per heavy atom. The number of rotatable bonds is 5. The van der Waals surface area contributed by atoms with Gasteiger partial charge >= 0.3 is 6.18 Å². The van der Waals surface area contributed by atoms with Crippen molar-refractivity contribution in [2.24, 2.45) is 17.3 Å². The van der Waals surface area contributed by atoms with Crippen LogP contribution in [-0.4, -0.2) is 47.6 Å². The molecule has 4 rings (SSSR count). The Morgan fingerprint density at radius 2 is 2.15 bits per heavy atom. The molecule has 8 heteroatoms. The highest BCUT2D eigenvalue weighted by Gasteiger charge is 2.50. The van der Waals surface area contributed by atoms with Gasteiger partial charge in [0, 0.05) is 50.1 Å². The first kappa shape index (κ1) is 24.5. The van der Waals surface area contributed by atoms with Crippen molar-refractivity contribution in [1.82, 2.24) is 15.2 Å². The largest absolute Gasteiger partial charge is 0.417 e. The molecule has 1 aliphatic carbocycles. The topological polar surface area (TPSA) is 54.5 Å². The second-order valence-electron chi connectivity index (χ2n) is 10.4. The van der Waals surface area contributed by atoms with Gasteiger partial charge in [0.05, 0.1) is 17.6 Å². The van der Waals surface area contributed by atoms with Crippen LogP contribution in [-0.2, 0) is 28.7 Å². The summed E-state index contributed by atoms with van der Waals surface area (Å²) in [5, 5.41) is 3.84. The predicted molar refractivity (Wildman–Crippen MR) is 119 cm³/mol. The zero-order chi connectivity index (χ0) is 23.8. The van der Waals surface area contributed by atoms with Gasteiger partial charge in [0.15, 0.2) is 0 Å². The molecule has 184 valence electrons. The first-order valence-electron chi connectivity index (χ1n) is 12.3. The van der Waals surface area contributed by atoms with Crippen LogP contribution in [0.3, 0.4) is 0 Å². The summed E-state index contributed by atoms with van der Waals surface area (Å²) < 4.78 is 45.2. The van der Waals surface area contributed by atoms with Crippen molar-refractivity contribution < 1.29 is 22.7 Å². The maximum Gasteiger partial charge on any atom is 0.417 e. The van der Waals surface area contributed by atoms with Crippen LogP contribution in [0.4, 0.5) is 13.2 Å². The van der Waals surface area contributed by atoms with Gasteiger partial charge in [-0.15, -0.1) is 0 Å². The monoisotopic (exact) mass is 467 g/mol. The molecule has 3 aliphatic rings. The van der Waals surface area contributed by atoms with Crippen LogP contribution in [0.15, 0.2) is 12.3 Å². The quantitative estimate of drug-likeness (QED) is 0.689. The normalized spacial score (nSPS) is 30.5. The van der Waals surface area contributed by atoms with Gasteiger partial charge in [0.25, 0.3) is 0 Å². The molecule has 5 nitrogen and oxygen atoms in total. The summed E-state index contributed by atoms with van der Waals surface area (Å²) >= 11 is 0. The second-order valence-corrected chi connectivity index (χ2v) is 10.4. The molecule has 0 unspecified atom stereocenters. The van der Waals surface area contributed by atoms with Crippen LogP contribution < -0.4 is 5.32 Å². The highest BCUT2D eigenvalue weighted by molar-refractivity contribution is 5.83. The lowest BCUT2D eigenvalue weighted by molar-refractivity contribution is -0.146. The van der Waals surface area contributed by atoms with E-state index in [1.54, 1.807) is 4.90 Å². The van der Waals surface area contributed by atoms with Gasteiger partial charge in [0.2, 0.25) is 5.91 Å². The summed E-state index contributed by atoms with van der Waals surface area (Å²) in [6.07, 6.45) is 1.57. The van der Waals surface area contributed by atoms with Crippen molar-refractivity contribution in [3.63, 3.8) is 0 Å². The maximum atomic E-state index is 13.8. The standard InChI is InChI=1S/C25H36F3N3O2/c1-4-17-15-33-10-7-22(17)30-20-5-8-24(12-20,16(2)3)23(32)31-9-6-21-18(14-31)11-19(13-29-21)25(26,27)28/h11,13,16-17,20,22,30H,4-10,12,14-15H2,1-3H3/t17-,20-,22+,24+/m1/s1. The van der Waals surface area contributed by atoms with Crippen molar-refractivity contribution >= 4 is 5.91 Å². The van der Waals surface area contributed by atoms with Crippen LogP contribution in [0.2, 0.25) is 0 Å². The van der Waals surface area contributed by atoms with E-state index in [1.165, 1.54) is 6.07 Å². The van der Waals surface area contributed by atoms with Crippen LogP contribution >= 0.6 is 0 Å². The van der Waals surface area contributed by atoms with E-state index >= 15 is 0 Å². The zero-order valence-electron chi connectivity index (χ0n) is 19.9. The number of fused-ring (bicyclic) bond motifs is 1. The molecule has 0 aromatic carbocycles. The third-order valence-electron chi connectivity index (χ3n) is 8.18. The van der Waals surface area contributed by atoms with Gasteiger partial charge in [-0.2, -0.15) is 13.2 Å². The van der Waals surface area contributed by atoms with Crippen LogP contribution in [0.25, 0.3) is 0 Å². The minimum atomic E-state index is -4.43. The Hall–Kier alpha value is -1.67. The van der Waals surface area contributed by atoms with Gasteiger partial charge in [-0.05, 0) is 55.6 Å². The minimum Gasteiger partial charge on any atom is -0.381 e. The fourth-order valence-electron chi connectivity index (χ4n) is 5.97. The number of amides is 1. The Bertz CT molecular complexity index is 860. The number of ether oxygens (including phenoxy) is 1. The lowest BCUT2D eigenvalue weighted by Crippen LogP contribution is -2.50. The molecule has 3 heterocycles. The molecule has 4 atom stereocenters. The number of nitrogens with one attached hydrogen (secondary N) is 1. The number of hydrogen-bond donors (Lipinski definition) is 1. The van der Waals surface area contributed by atoms with Crippen molar-refractivity contribution in [2.45, 2.75) is 84.1 Å². The average molecular weight is 468 g/mol. The van der Waals surface area contributed by atoms with Crippen molar-refractivity contribution in [1.29, 1.82) is 0 Å². The van der Waals surface area contributed by atoms with Crippen molar-refractivity contribution in [2.75, 3.05) is 19.8 Å². The highest BCUT2D eigenvalue weighted by atomic mass is 19.4. The number of pyridine rings is 1. The number of carbonyl (C=O) groups is 1. The number of carbonyl (C=O) groups excluding carboxylic acids is 1. The fourth-order valence-corrected chi connectivity index (χ4v) is 5.97. The summed E-state index contributed by atoms with van der Waals surface area (Å²) in [6.45, 7) is 8.67. The molecule has 1 amide bonds. The molecule has 0 radical (unpaired) electrons. The molecule has 1 aromatic heterocycles. The van der Waals surface area contributed by atoms with E-state index in [1.807, 2.05) is 0 Å². The Morgan fingerprint density at radius 3 is 2.85 bits per heavy atom. The third-order valence-corrected chi connectivity index (χ3v) is 8.18. The molecule has 0 spiro atoms. The first-order valence-corrected chi connectivity index (χ1v) is 12.3. The highest BCUT2D eigenvalue weighted by Crippen LogP contribution is 2.47. The average Bonchev–Trinajstić information content (AvgIpc) is 3.23. The van der Waals surface area contributed by atoms with Gasteiger partial charge in [-0.3, -0.25) is 9.78 Å². The Labute approximate surface area is 194 Å². The molecule has 1 saturated heterocycles. The lowest BCUT2D eigenvalue weighted by atomic mass is 9.74. The summed E-state index contributed by atoms with van der Waals surface area (Å²) in [7, 11) is 0. The van der Waals surface area contributed by atoms with Crippen LogP contribution in [0.1, 0.15) is 69.7 Å². The van der Waals surface area contributed by atoms with E-state index in [0.717, 1.165) is 51.5 Å². The van der Waals surface area contributed by atoms with Crippen molar-refractivity contribution in [3.05, 3.63) is 29.1 Å². The van der Waals surface area contributed by atoms with Gasteiger partial charge in [-0.1, -0.05) is 20.8 Å². The van der Waals surface area contributed by atoms with Gasteiger partial charge < -0.3 is 15.0 Å². The Balaban J connectivity index is 1.48. The molecule has 0 bridgehead atoms. The van der Waals surface area contributed by atoms with E-state index in [-0.39, 0.29) is 24.4 Å². The second kappa shape index (κ2) is 9.53. The van der Waals surface area contributed by atoms with Gasteiger partial charge in [0.1, 0.15) is 0 Å². The molecule has 1 saturated carbocycles. The van der Waals surface area contributed by atoms with E-state index in [0.29, 0.717) is 36.2 Å². The van der Waals surface area contributed by atoms with E-state index in [2.05, 4.69) is 31.1 Å². The number of aromatic nitrogens is 1. The molecule has 1 aromatic rings. The number of alkyl halides is 3. The summed E-state index contributed by atoms with van der Waals surface area (Å²) in [5.74, 6) is 0.746. The first-order chi connectivity index (χ1) is 15.6. The van der Waals surface area contributed by atoms with Crippen molar-refractivity contribution in [3.8, 4) is 0 Å². The van der Waals surface area contributed by atoms with Gasteiger partial charge in [-0.25, -0.2) is 0 Å². The lowest BCUT2D eigenvalue weighted by Gasteiger charge is -2.40. The third kappa shape index (κ3) is 4.92. The molecule has 2 fully saturated rings. The molecule has 1 N–H and O–H groups in total. The molecular formula is C25H36F3N3O2. The number of halogens is 3. The fraction of sp³-hybridized carbons (Fsp3) is 0.760. The molecule has 33 heavy (non-hydrogen) atoms. The molecule has 2 aliphatic heterocycles. The zero-order valence-corrected chi connectivity index (χ0v) is 19.9. The maximum absolute atomic E-state index is 13.8. The number of nitrogens with zero attached hydrogens (tertiary/aromatic N) is 2. The predicted octanol–water partition coefficient (Wildman–Crippen LogP) is 4.58. The summed E-state index contributed by atoms with van der Waals surface area (Å²) in [4.78, 5) is 19.7. The van der Waals surface area contributed by atoms with Crippen LogP contribution in [0.5, 0.6) is 0 Å². The molecular weight excluding hydrogens is 431 g/mol. The SMILES string of the molecule is CC[C@@H]1COCC[C@@H]1N[C@@H]1CC[C@@](C(=O)N2CCc3ncc(C(F)(F)F)cc3C2)(C(C)C)C1. The Kier molecular flexibility index (Phi) is 7.06. The van der Waals surface area contributed by atoms with Crippen LogP contribution in [0, 0.1) is 17.3 Å². The minimum absolute atomic E-state index is 0.0869. The smallest absolute Gasteiger partial charge is 0.381 e. The van der Waals surface area contributed by atoms with E-state index in [9.17, 15) is 18.0 Å².